The van der Waals surface area contributed by atoms with Crippen molar-refractivity contribution in [3.05, 3.63) is 24.3 Å². The Morgan fingerprint density at radius 2 is 1.67 bits per heavy atom. The molecule has 0 aromatic heterocycles. The molecule has 0 unspecified atom stereocenters. The number of ether oxygens (including phenoxy) is 1. The molecule has 2 heterocycles. The molecule has 1 aromatic carbocycles. The third-order valence-corrected chi connectivity index (χ3v) is 9.63. The van der Waals surface area contributed by atoms with Crippen molar-refractivity contribution in [1.29, 1.82) is 0 Å². The normalized spacial score (nSPS) is 31.7. The molecule has 0 bridgehead atoms. The molecule has 0 saturated carbocycles. The Hall–Kier alpha value is -1.12. The van der Waals surface area contributed by atoms with Crippen LogP contribution in [0.5, 0.6) is 5.75 Å². The summed E-state index contributed by atoms with van der Waals surface area (Å²) in [7, 11) is -7.13. The van der Waals surface area contributed by atoms with Gasteiger partial charge in [-0.25, -0.2) is 16.8 Å². The van der Waals surface area contributed by atoms with Crippen molar-refractivity contribution >= 4 is 19.7 Å². The van der Waals surface area contributed by atoms with E-state index >= 15 is 0 Å². The molecule has 0 aliphatic carbocycles. The Balaban J connectivity index is 1.91. The Bertz CT molecular complexity index is 854. The summed E-state index contributed by atoms with van der Waals surface area (Å²) in [6.07, 6.45) is 1.09. The van der Waals surface area contributed by atoms with Gasteiger partial charge in [-0.05, 0) is 49.4 Å². The van der Waals surface area contributed by atoms with Gasteiger partial charge >= 0.3 is 0 Å². The van der Waals surface area contributed by atoms with Crippen LogP contribution in [0, 0.1) is 11.8 Å². The van der Waals surface area contributed by atoms with Crippen LogP contribution in [0.4, 0.5) is 0 Å². The third kappa shape index (κ3) is 4.49. The van der Waals surface area contributed by atoms with Crippen LogP contribution >= 0.6 is 0 Å². The van der Waals surface area contributed by atoms with Gasteiger partial charge in [0.15, 0.2) is 19.7 Å². The van der Waals surface area contributed by atoms with Gasteiger partial charge in [-0.15, -0.1) is 0 Å². The van der Waals surface area contributed by atoms with Crippen molar-refractivity contribution in [2.24, 2.45) is 11.8 Å². The summed E-state index contributed by atoms with van der Waals surface area (Å²) >= 11 is 0. The lowest BCUT2D eigenvalue weighted by atomic mass is 9.91. The van der Waals surface area contributed by atoms with Gasteiger partial charge in [0.05, 0.1) is 28.3 Å². The molecule has 2 fully saturated rings. The van der Waals surface area contributed by atoms with Gasteiger partial charge in [0, 0.05) is 19.1 Å². The fourth-order valence-corrected chi connectivity index (χ4v) is 9.31. The second kappa shape index (κ2) is 7.72. The number of benzene rings is 1. The maximum atomic E-state index is 13.3. The maximum absolute atomic E-state index is 13.3. The molecule has 6 nitrogen and oxygen atoms in total. The van der Waals surface area contributed by atoms with E-state index in [1.165, 1.54) is 12.1 Å². The molecule has 2 aliphatic rings. The molecule has 0 amide bonds. The van der Waals surface area contributed by atoms with Gasteiger partial charge < -0.3 is 4.74 Å². The highest BCUT2D eigenvalue weighted by Gasteiger charge is 2.49. The number of likely N-dealkylation sites (tertiary alicyclic amines) is 1. The van der Waals surface area contributed by atoms with E-state index < -0.39 is 31.0 Å². The molecule has 0 radical (unpaired) electrons. The molecule has 8 heteroatoms. The summed E-state index contributed by atoms with van der Waals surface area (Å²) in [6.45, 7) is 8.14. The lowest BCUT2D eigenvalue weighted by molar-refractivity contribution is 0.107. The zero-order valence-electron chi connectivity index (χ0n) is 16.2. The molecule has 4 atom stereocenters. The van der Waals surface area contributed by atoms with Crippen LogP contribution in [-0.4, -0.2) is 64.2 Å². The highest BCUT2D eigenvalue weighted by atomic mass is 32.2. The maximum Gasteiger partial charge on any atom is 0.183 e. The SMILES string of the molecule is CCOc1ccc(S(=O)(=O)[C@@H]2CS(=O)(=O)C[C@H]2N2C[C@H](C)C[C@H](C)C2)cc1. The highest BCUT2D eigenvalue weighted by molar-refractivity contribution is 7.96. The second-order valence-corrected chi connectivity index (χ2v) is 12.4. The van der Waals surface area contributed by atoms with Crippen LogP contribution < -0.4 is 4.74 Å². The minimum atomic E-state index is -3.75. The predicted octanol–water partition coefficient (Wildman–Crippen LogP) is 2.00. The Labute approximate surface area is 162 Å². The van der Waals surface area contributed by atoms with E-state index in [-0.39, 0.29) is 16.4 Å². The number of sulfone groups is 2. The molecule has 1 aromatic rings. The van der Waals surface area contributed by atoms with Crippen LogP contribution in [0.15, 0.2) is 29.2 Å². The molecule has 3 rings (SSSR count). The number of nitrogens with zero attached hydrogens (tertiary/aromatic N) is 1. The Morgan fingerprint density at radius 3 is 2.22 bits per heavy atom. The van der Waals surface area contributed by atoms with Crippen LogP contribution in [0.3, 0.4) is 0 Å². The fourth-order valence-electron chi connectivity index (χ4n) is 4.48. The predicted molar refractivity (Wildman–Crippen MR) is 106 cm³/mol. The molecular weight excluding hydrogens is 386 g/mol. The molecule has 2 aliphatic heterocycles. The molecule has 152 valence electrons. The summed E-state index contributed by atoms with van der Waals surface area (Å²) in [5, 5.41) is -0.919. The van der Waals surface area contributed by atoms with Crippen LogP contribution in [0.1, 0.15) is 27.2 Å². The van der Waals surface area contributed by atoms with E-state index in [2.05, 4.69) is 18.7 Å². The van der Waals surface area contributed by atoms with E-state index in [4.69, 9.17) is 4.74 Å². The zero-order valence-corrected chi connectivity index (χ0v) is 17.8. The van der Waals surface area contributed by atoms with Gasteiger partial charge in [-0.3, -0.25) is 4.90 Å². The first-order valence-corrected chi connectivity index (χ1v) is 12.9. The van der Waals surface area contributed by atoms with Crippen molar-refractivity contribution in [3.8, 4) is 5.75 Å². The van der Waals surface area contributed by atoms with E-state index in [0.717, 1.165) is 19.5 Å². The number of piperidine rings is 1. The number of hydrogen-bond donors (Lipinski definition) is 0. The van der Waals surface area contributed by atoms with E-state index in [1.807, 2.05) is 6.92 Å². The summed E-state index contributed by atoms with van der Waals surface area (Å²) < 4.78 is 56.7. The first-order chi connectivity index (χ1) is 12.6. The number of hydrogen-bond acceptors (Lipinski definition) is 6. The minimum Gasteiger partial charge on any atom is -0.494 e. The van der Waals surface area contributed by atoms with Crippen molar-refractivity contribution < 1.29 is 21.6 Å². The molecule has 0 N–H and O–H groups in total. The summed E-state index contributed by atoms with van der Waals surface area (Å²) in [5.41, 5.74) is 0. The van der Waals surface area contributed by atoms with Crippen LogP contribution in [-0.2, 0) is 19.7 Å². The second-order valence-electron chi connectivity index (χ2n) is 8.03. The Morgan fingerprint density at radius 1 is 1.07 bits per heavy atom. The van der Waals surface area contributed by atoms with Gasteiger partial charge in [-0.1, -0.05) is 13.8 Å². The van der Waals surface area contributed by atoms with Crippen molar-refractivity contribution in [1.82, 2.24) is 4.90 Å². The average molecular weight is 416 g/mol. The lowest BCUT2D eigenvalue weighted by Crippen LogP contribution is -2.51. The number of rotatable bonds is 5. The monoisotopic (exact) mass is 415 g/mol. The van der Waals surface area contributed by atoms with Crippen molar-refractivity contribution in [2.45, 2.75) is 43.4 Å². The molecule has 2 saturated heterocycles. The molecule has 0 spiro atoms. The topological polar surface area (TPSA) is 80.8 Å². The highest BCUT2D eigenvalue weighted by Crippen LogP contribution is 2.33. The first-order valence-electron chi connectivity index (χ1n) is 9.53. The third-order valence-electron chi connectivity index (χ3n) is 5.50. The van der Waals surface area contributed by atoms with E-state index in [9.17, 15) is 16.8 Å². The van der Waals surface area contributed by atoms with E-state index in [0.29, 0.717) is 24.2 Å². The first kappa shape index (κ1) is 20.6. The lowest BCUT2D eigenvalue weighted by Gasteiger charge is -2.40. The van der Waals surface area contributed by atoms with Gasteiger partial charge in [0.1, 0.15) is 5.75 Å². The Kier molecular flexibility index (Phi) is 5.89. The zero-order chi connectivity index (χ0) is 19.8. The molecular formula is C19H29NO5S2. The van der Waals surface area contributed by atoms with Gasteiger partial charge in [-0.2, -0.15) is 0 Å². The summed E-state index contributed by atoms with van der Waals surface area (Å²) in [6, 6.07) is 5.81. The van der Waals surface area contributed by atoms with E-state index in [1.54, 1.807) is 12.1 Å². The van der Waals surface area contributed by atoms with Gasteiger partial charge in [0.2, 0.25) is 0 Å². The average Bonchev–Trinajstić information content (AvgIpc) is 2.91. The quantitative estimate of drug-likeness (QED) is 0.732. The standard InChI is InChI=1S/C19H29NO5S2/c1-4-25-16-5-7-17(8-6-16)27(23,24)19-13-26(21,22)12-18(19)20-10-14(2)9-15(3)11-20/h5-8,14-15,18-19H,4,9-13H2,1-3H3/t14-,15+,18-,19-/m1/s1. The van der Waals surface area contributed by atoms with Crippen molar-refractivity contribution in [3.63, 3.8) is 0 Å². The van der Waals surface area contributed by atoms with Crippen LogP contribution in [0.25, 0.3) is 0 Å². The van der Waals surface area contributed by atoms with Crippen LogP contribution in [0.2, 0.25) is 0 Å². The molecule has 27 heavy (non-hydrogen) atoms. The summed E-state index contributed by atoms with van der Waals surface area (Å²) in [4.78, 5) is 2.26. The van der Waals surface area contributed by atoms with Gasteiger partial charge in [0.25, 0.3) is 0 Å². The van der Waals surface area contributed by atoms with Crippen molar-refractivity contribution in [2.75, 3.05) is 31.2 Å². The minimum absolute atomic E-state index is 0.0760. The largest absolute Gasteiger partial charge is 0.494 e. The fraction of sp³-hybridized carbons (Fsp3) is 0.684. The summed E-state index contributed by atoms with van der Waals surface area (Å²) in [5.74, 6) is 1.10. The smallest absolute Gasteiger partial charge is 0.183 e.